The topological polar surface area (TPSA) is 201 Å². The molecule has 5 atom stereocenters. The van der Waals surface area contributed by atoms with Crippen molar-refractivity contribution in [3.05, 3.63) is 16.7 Å². The van der Waals surface area contributed by atoms with Crippen LogP contribution in [0.4, 0.5) is 5.95 Å². The molecule has 1 aliphatic rings. The normalized spacial score (nSPS) is 27.2. The minimum absolute atomic E-state index is 0.0471. The third kappa shape index (κ3) is 3.30. The zero-order valence-corrected chi connectivity index (χ0v) is 14.0. The Bertz CT molecular complexity index is 809. The first-order valence-electron chi connectivity index (χ1n) is 8.23. The van der Waals surface area contributed by atoms with Gasteiger partial charge in [-0.2, -0.15) is 4.98 Å². The van der Waals surface area contributed by atoms with E-state index in [2.05, 4.69) is 15.0 Å². The molecule has 1 unspecified atom stereocenters. The van der Waals surface area contributed by atoms with Gasteiger partial charge in [0.25, 0.3) is 5.56 Å². The fourth-order valence-corrected chi connectivity index (χ4v) is 3.08. The number of aromatic amines is 1. The Morgan fingerprint density at radius 2 is 2.12 bits per heavy atom. The van der Waals surface area contributed by atoms with E-state index in [1.807, 2.05) is 0 Å². The number of nitrogens with one attached hydrogen (secondary N) is 1. The summed E-state index contributed by atoms with van der Waals surface area (Å²) in [5, 5.41) is 20.9. The molecule has 12 nitrogen and oxygen atoms in total. The van der Waals surface area contributed by atoms with Crippen LogP contribution in [0.2, 0.25) is 0 Å². The molecule has 1 aliphatic heterocycles. The van der Waals surface area contributed by atoms with Gasteiger partial charge in [-0.15, -0.1) is 0 Å². The number of aliphatic hydroxyl groups excluding tert-OH is 2. The number of nitrogen functional groups attached to an aromatic ring is 1. The maximum Gasteiger partial charge on any atom is 0.280 e. The second kappa shape index (κ2) is 7.65. The van der Waals surface area contributed by atoms with Gasteiger partial charge in [0.15, 0.2) is 17.4 Å². The highest BCUT2D eigenvalue weighted by Gasteiger charge is 2.47. The van der Waals surface area contributed by atoms with E-state index in [0.717, 1.165) is 0 Å². The summed E-state index contributed by atoms with van der Waals surface area (Å²) in [4.78, 5) is 22.3. The number of nitrogens with two attached hydrogens (primary N) is 3. The molecule has 3 rings (SSSR count). The van der Waals surface area contributed by atoms with Gasteiger partial charge >= 0.3 is 0 Å². The Labute approximate surface area is 147 Å². The Kier molecular flexibility index (Phi) is 5.50. The summed E-state index contributed by atoms with van der Waals surface area (Å²) >= 11 is 0. The second-order valence-corrected chi connectivity index (χ2v) is 6.02. The van der Waals surface area contributed by atoms with Crippen LogP contribution in [-0.2, 0) is 9.47 Å². The van der Waals surface area contributed by atoms with Gasteiger partial charge in [0.1, 0.15) is 18.3 Å². The van der Waals surface area contributed by atoms with Gasteiger partial charge in [0.05, 0.1) is 19.0 Å². The fraction of sp³-hybridized carbons (Fsp3) is 0.643. The van der Waals surface area contributed by atoms with E-state index in [0.29, 0.717) is 19.5 Å². The maximum atomic E-state index is 11.9. The molecule has 9 N–H and O–H groups in total. The zero-order valence-electron chi connectivity index (χ0n) is 14.0. The summed E-state index contributed by atoms with van der Waals surface area (Å²) in [6.45, 7) is 0.873. The number of rotatable bonds is 7. The molecule has 1 saturated heterocycles. The van der Waals surface area contributed by atoms with Crippen molar-refractivity contribution in [1.29, 1.82) is 0 Å². The number of aromatic nitrogens is 4. The van der Waals surface area contributed by atoms with Crippen LogP contribution >= 0.6 is 0 Å². The van der Waals surface area contributed by atoms with E-state index in [1.165, 1.54) is 10.9 Å². The lowest BCUT2D eigenvalue weighted by molar-refractivity contribution is -0.107. The van der Waals surface area contributed by atoms with E-state index in [4.69, 9.17) is 26.7 Å². The maximum absolute atomic E-state index is 11.9. The van der Waals surface area contributed by atoms with Crippen LogP contribution in [-0.4, -0.2) is 73.8 Å². The molecule has 0 aromatic carbocycles. The summed E-state index contributed by atoms with van der Waals surface area (Å²) in [5.41, 5.74) is 16.3. The van der Waals surface area contributed by atoms with Crippen LogP contribution in [0, 0.1) is 0 Å². The molecule has 0 amide bonds. The van der Waals surface area contributed by atoms with Crippen LogP contribution in [0.5, 0.6) is 0 Å². The number of nitrogens with zero attached hydrogens (tertiary/aromatic N) is 3. The van der Waals surface area contributed by atoms with Crippen LogP contribution in [0.1, 0.15) is 12.6 Å². The standard InChI is InChI=1S/C14H23N7O5/c15-2-1-6(25-4-3-16)10-8(22)9(23)13(26-10)21-5-18-7-11(21)19-14(17)20-12(7)24/h5-6,8-10,13,22-23H,1-4,15-16H2,(H3,17,19,20,24)/t6?,8-,9+,10+,13+/m0/s1. The highest BCUT2D eigenvalue weighted by atomic mass is 16.6. The van der Waals surface area contributed by atoms with Crippen molar-refractivity contribution in [2.45, 2.75) is 37.1 Å². The fourth-order valence-electron chi connectivity index (χ4n) is 3.08. The van der Waals surface area contributed by atoms with Crippen LogP contribution in [0.15, 0.2) is 11.1 Å². The van der Waals surface area contributed by atoms with Crippen LogP contribution in [0.25, 0.3) is 11.2 Å². The molecular formula is C14H23N7O5. The molecule has 0 aliphatic carbocycles. The summed E-state index contributed by atoms with van der Waals surface area (Å²) in [5.74, 6) is -0.0962. The van der Waals surface area contributed by atoms with Gasteiger partial charge in [0.2, 0.25) is 5.95 Å². The Morgan fingerprint density at radius 3 is 2.81 bits per heavy atom. The highest BCUT2D eigenvalue weighted by molar-refractivity contribution is 5.70. The predicted octanol–water partition coefficient (Wildman–Crippen LogP) is -2.99. The van der Waals surface area contributed by atoms with Crippen molar-refractivity contribution in [3.8, 4) is 0 Å². The quantitative estimate of drug-likeness (QED) is 0.292. The van der Waals surface area contributed by atoms with E-state index in [9.17, 15) is 15.0 Å². The predicted molar refractivity (Wildman–Crippen MR) is 91.0 cm³/mol. The molecule has 0 bridgehead atoms. The first-order valence-corrected chi connectivity index (χ1v) is 8.23. The highest BCUT2D eigenvalue weighted by Crippen LogP contribution is 2.34. The average Bonchev–Trinajstić information content (AvgIpc) is 3.14. The van der Waals surface area contributed by atoms with E-state index < -0.39 is 36.2 Å². The van der Waals surface area contributed by atoms with Crippen molar-refractivity contribution in [3.63, 3.8) is 0 Å². The largest absolute Gasteiger partial charge is 0.387 e. The minimum atomic E-state index is -1.29. The lowest BCUT2D eigenvalue weighted by Gasteiger charge is -2.25. The average molecular weight is 369 g/mol. The molecule has 1 fully saturated rings. The summed E-state index contributed by atoms with van der Waals surface area (Å²) in [6, 6.07) is 0. The monoisotopic (exact) mass is 369 g/mol. The zero-order chi connectivity index (χ0) is 18.8. The minimum Gasteiger partial charge on any atom is -0.387 e. The van der Waals surface area contributed by atoms with E-state index in [1.54, 1.807) is 0 Å². The van der Waals surface area contributed by atoms with Crippen molar-refractivity contribution >= 4 is 17.1 Å². The third-order valence-corrected chi connectivity index (χ3v) is 4.27. The number of aliphatic hydroxyl groups is 2. The number of H-pyrrole nitrogens is 1. The number of hydrogen-bond donors (Lipinski definition) is 6. The molecule has 2 aromatic heterocycles. The molecule has 144 valence electrons. The van der Waals surface area contributed by atoms with Crippen molar-refractivity contribution < 1.29 is 19.7 Å². The van der Waals surface area contributed by atoms with Gasteiger partial charge in [-0.25, -0.2) is 4.98 Å². The van der Waals surface area contributed by atoms with Crippen LogP contribution < -0.4 is 22.8 Å². The molecule has 12 heteroatoms. The molecule has 0 radical (unpaired) electrons. The van der Waals surface area contributed by atoms with Gasteiger partial charge in [-0.1, -0.05) is 0 Å². The number of imidazole rings is 1. The Balaban J connectivity index is 1.91. The summed E-state index contributed by atoms with van der Waals surface area (Å²) in [6.07, 6.45) is -3.20. The first kappa shape index (κ1) is 18.7. The molecule has 0 saturated carbocycles. The molecule has 0 spiro atoms. The van der Waals surface area contributed by atoms with Crippen molar-refractivity contribution in [1.82, 2.24) is 19.5 Å². The molecule has 3 heterocycles. The lowest BCUT2D eigenvalue weighted by Crippen LogP contribution is -2.41. The van der Waals surface area contributed by atoms with Crippen molar-refractivity contribution in [2.75, 3.05) is 25.4 Å². The Morgan fingerprint density at radius 1 is 1.35 bits per heavy atom. The lowest BCUT2D eigenvalue weighted by atomic mass is 10.0. The number of fused-ring (bicyclic) bond motifs is 1. The summed E-state index contributed by atoms with van der Waals surface area (Å²) < 4.78 is 12.8. The molecular weight excluding hydrogens is 346 g/mol. The van der Waals surface area contributed by atoms with E-state index >= 15 is 0 Å². The van der Waals surface area contributed by atoms with Gasteiger partial charge in [-0.3, -0.25) is 14.3 Å². The van der Waals surface area contributed by atoms with Crippen LogP contribution in [0.3, 0.4) is 0 Å². The molecule has 2 aromatic rings. The smallest absolute Gasteiger partial charge is 0.280 e. The Hall–Kier alpha value is -2.09. The number of ether oxygens (including phenoxy) is 2. The van der Waals surface area contributed by atoms with Gasteiger partial charge < -0.3 is 36.9 Å². The number of hydrogen-bond acceptors (Lipinski definition) is 10. The number of anilines is 1. The van der Waals surface area contributed by atoms with Crippen molar-refractivity contribution in [2.24, 2.45) is 11.5 Å². The molecule has 26 heavy (non-hydrogen) atoms. The SMILES string of the molecule is NCCOC(CCN)[C@H]1O[C@@H](n2cnc3c(=O)[nH]c(N)nc32)[C@H](O)[C@@H]1O. The summed E-state index contributed by atoms with van der Waals surface area (Å²) in [7, 11) is 0. The van der Waals surface area contributed by atoms with E-state index in [-0.39, 0.29) is 23.7 Å². The first-order chi connectivity index (χ1) is 12.5. The second-order valence-electron chi connectivity index (χ2n) is 6.02. The third-order valence-electron chi connectivity index (χ3n) is 4.27. The van der Waals surface area contributed by atoms with Gasteiger partial charge in [0, 0.05) is 6.54 Å². The van der Waals surface area contributed by atoms with Gasteiger partial charge in [-0.05, 0) is 13.0 Å².